The smallest absolute Gasteiger partial charge is 0.112 e. The summed E-state index contributed by atoms with van der Waals surface area (Å²) in [6, 6.07) is 3.86. The van der Waals surface area contributed by atoms with E-state index in [4.69, 9.17) is 5.73 Å². The van der Waals surface area contributed by atoms with Crippen LogP contribution >= 0.6 is 15.9 Å². The molecule has 0 amide bonds. The number of anilines is 2. The molecule has 3 aromatic heterocycles. The van der Waals surface area contributed by atoms with Crippen molar-refractivity contribution >= 4 is 38.3 Å². The molecular weight excluding hydrogens is 320 g/mol. The fraction of sp³-hybridized carbons (Fsp3) is 0.154. The quantitative estimate of drug-likeness (QED) is 0.766. The molecule has 0 aromatic carbocycles. The van der Waals surface area contributed by atoms with Crippen LogP contribution in [0.3, 0.4) is 0 Å². The van der Waals surface area contributed by atoms with Crippen molar-refractivity contribution in [2.75, 3.05) is 17.6 Å². The van der Waals surface area contributed by atoms with Crippen molar-refractivity contribution < 1.29 is 0 Å². The first-order valence-electron chi connectivity index (χ1n) is 6.14. The van der Waals surface area contributed by atoms with Crippen molar-refractivity contribution in [3.05, 3.63) is 41.4 Å². The molecule has 0 unspecified atom stereocenters. The summed E-state index contributed by atoms with van der Waals surface area (Å²) in [5.41, 5.74) is 8.97. The molecular formula is C13H13BrN6. The van der Waals surface area contributed by atoms with Gasteiger partial charge in [0.05, 0.1) is 29.6 Å². The molecule has 3 N–H and O–H groups in total. The van der Waals surface area contributed by atoms with Gasteiger partial charge in [0.15, 0.2) is 0 Å². The molecule has 0 fully saturated rings. The van der Waals surface area contributed by atoms with E-state index in [9.17, 15) is 0 Å². The van der Waals surface area contributed by atoms with Crippen LogP contribution in [-0.2, 0) is 6.54 Å². The molecule has 0 aliphatic rings. The molecule has 3 rings (SSSR count). The number of pyridine rings is 2. The summed E-state index contributed by atoms with van der Waals surface area (Å²) in [5.74, 6) is 0. The van der Waals surface area contributed by atoms with Crippen molar-refractivity contribution in [1.29, 1.82) is 0 Å². The molecule has 3 aromatic rings. The lowest BCUT2D eigenvalue weighted by Gasteiger charge is -2.08. The Hall–Kier alpha value is -2.15. The van der Waals surface area contributed by atoms with Crippen molar-refractivity contribution in [3.63, 3.8) is 0 Å². The van der Waals surface area contributed by atoms with Gasteiger partial charge >= 0.3 is 0 Å². The van der Waals surface area contributed by atoms with Crippen LogP contribution in [0.15, 0.2) is 41.4 Å². The average Bonchev–Trinajstić information content (AvgIpc) is 2.84. The fourth-order valence-electron chi connectivity index (χ4n) is 1.96. The minimum absolute atomic E-state index is 0.672. The topological polar surface area (TPSA) is 81.6 Å². The van der Waals surface area contributed by atoms with Crippen LogP contribution in [0.4, 0.5) is 11.4 Å². The third kappa shape index (κ3) is 2.72. The monoisotopic (exact) mass is 332 g/mol. The average molecular weight is 333 g/mol. The van der Waals surface area contributed by atoms with E-state index in [-0.39, 0.29) is 0 Å². The molecule has 0 aliphatic heterocycles. The van der Waals surface area contributed by atoms with Gasteiger partial charge in [0.1, 0.15) is 5.52 Å². The Labute approximate surface area is 124 Å². The molecule has 3 heterocycles. The normalized spacial score (nSPS) is 10.8. The molecule has 20 heavy (non-hydrogen) atoms. The predicted octanol–water partition coefficient (Wildman–Crippen LogP) is 2.28. The summed E-state index contributed by atoms with van der Waals surface area (Å²) in [6.45, 7) is 1.47. The van der Waals surface area contributed by atoms with Crippen LogP contribution < -0.4 is 11.1 Å². The maximum Gasteiger partial charge on any atom is 0.112 e. The maximum absolute atomic E-state index is 5.62. The molecule has 6 nitrogen and oxygen atoms in total. The Morgan fingerprint density at radius 2 is 2.20 bits per heavy atom. The van der Waals surface area contributed by atoms with Crippen LogP contribution in [0.5, 0.6) is 0 Å². The Morgan fingerprint density at radius 1 is 1.30 bits per heavy atom. The Bertz CT molecular complexity index is 739. The Balaban J connectivity index is 1.74. The summed E-state index contributed by atoms with van der Waals surface area (Å²) in [4.78, 5) is 8.70. The van der Waals surface area contributed by atoms with Crippen molar-refractivity contribution in [3.8, 4) is 0 Å². The number of aromatic nitrogens is 4. The second-order valence-electron chi connectivity index (χ2n) is 4.34. The summed E-state index contributed by atoms with van der Waals surface area (Å²) in [6.07, 6.45) is 6.98. The van der Waals surface area contributed by atoms with Gasteiger partial charge in [0.2, 0.25) is 0 Å². The minimum atomic E-state index is 0.672. The number of fused-ring (bicyclic) bond motifs is 1. The molecule has 0 bridgehead atoms. The first-order valence-corrected chi connectivity index (χ1v) is 6.94. The van der Waals surface area contributed by atoms with E-state index in [1.807, 2.05) is 18.3 Å². The second kappa shape index (κ2) is 5.46. The molecule has 0 radical (unpaired) electrons. The van der Waals surface area contributed by atoms with E-state index in [0.29, 0.717) is 5.69 Å². The molecule has 0 saturated heterocycles. The predicted molar refractivity (Wildman–Crippen MR) is 82.4 cm³/mol. The summed E-state index contributed by atoms with van der Waals surface area (Å²) in [5, 5.41) is 7.48. The third-order valence-electron chi connectivity index (χ3n) is 2.85. The van der Waals surface area contributed by atoms with E-state index in [1.54, 1.807) is 23.3 Å². The highest BCUT2D eigenvalue weighted by atomic mass is 79.9. The zero-order valence-corrected chi connectivity index (χ0v) is 12.2. The van der Waals surface area contributed by atoms with E-state index in [2.05, 4.69) is 36.3 Å². The molecule has 0 atom stereocenters. The van der Waals surface area contributed by atoms with Crippen LogP contribution in [0.25, 0.3) is 11.0 Å². The highest BCUT2D eigenvalue weighted by Crippen LogP contribution is 2.21. The van der Waals surface area contributed by atoms with E-state index in [0.717, 1.165) is 34.3 Å². The number of rotatable bonds is 4. The zero-order chi connectivity index (χ0) is 13.9. The number of hydrogen-bond acceptors (Lipinski definition) is 5. The highest BCUT2D eigenvalue weighted by molar-refractivity contribution is 9.10. The Kier molecular flexibility index (Phi) is 3.51. The van der Waals surface area contributed by atoms with E-state index >= 15 is 0 Å². The van der Waals surface area contributed by atoms with Gasteiger partial charge in [0, 0.05) is 29.6 Å². The Morgan fingerprint density at radius 3 is 3.00 bits per heavy atom. The number of nitrogen functional groups attached to an aromatic ring is 1. The number of hydrogen-bond donors (Lipinski definition) is 2. The summed E-state index contributed by atoms with van der Waals surface area (Å²) < 4.78 is 2.72. The zero-order valence-electron chi connectivity index (χ0n) is 10.6. The summed E-state index contributed by atoms with van der Waals surface area (Å²) >= 11 is 3.40. The van der Waals surface area contributed by atoms with Gasteiger partial charge in [-0.2, -0.15) is 5.10 Å². The van der Waals surface area contributed by atoms with Gasteiger partial charge < -0.3 is 11.1 Å². The number of halogens is 1. The molecule has 0 saturated carbocycles. The first kappa shape index (κ1) is 12.9. The van der Waals surface area contributed by atoms with Crippen molar-refractivity contribution in [2.45, 2.75) is 6.54 Å². The van der Waals surface area contributed by atoms with Gasteiger partial charge in [-0.1, -0.05) is 0 Å². The van der Waals surface area contributed by atoms with Crippen molar-refractivity contribution in [1.82, 2.24) is 19.7 Å². The number of nitrogens with zero attached hydrogens (tertiary/aromatic N) is 4. The van der Waals surface area contributed by atoms with Gasteiger partial charge in [0.25, 0.3) is 0 Å². The molecule has 102 valence electrons. The lowest BCUT2D eigenvalue weighted by molar-refractivity contribution is 0.638. The van der Waals surface area contributed by atoms with Gasteiger partial charge in [-0.05, 0) is 28.1 Å². The molecule has 0 aliphatic carbocycles. The van der Waals surface area contributed by atoms with Crippen LogP contribution in [-0.4, -0.2) is 26.3 Å². The third-order valence-corrected chi connectivity index (χ3v) is 3.29. The SMILES string of the molecule is Nc1cnn(CCNc2ccnc3cc(Br)cnc23)c1. The van der Waals surface area contributed by atoms with Gasteiger partial charge in [-0.3, -0.25) is 14.6 Å². The lowest BCUT2D eigenvalue weighted by atomic mass is 10.3. The molecule has 0 spiro atoms. The fourth-order valence-corrected chi connectivity index (χ4v) is 2.27. The highest BCUT2D eigenvalue weighted by Gasteiger charge is 2.03. The van der Waals surface area contributed by atoms with Crippen LogP contribution in [0.1, 0.15) is 0 Å². The van der Waals surface area contributed by atoms with Gasteiger partial charge in [-0.25, -0.2) is 0 Å². The second-order valence-corrected chi connectivity index (χ2v) is 5.26. The van der Waals surface area contributed by atoms with E-state index in [1.165, 1.54) is 0 Å². The van der Waals surface area contributed by atoms with Gasteiger partial charge in [-0.15, -0.1) is 0 Å². The number of nitrogens with two attached hydrogens (primary N) is 1. The first-order chi connectivity index (χ1) is 9.72. The summed E-state index contributed by atoms with van der Waals surface area (Å²) in [7, 11) is 0. The lowest BCUT2D eigenvalue weighted by Crippen LogP contribution is -2.11. The maximum atomic E-state index is 5.62. The molecule has 7 heteroatoms. The van der Waals surface area contributed by atoms with E-state index < -0.39 is 0 Å². The largest absolute Gasteiger partial charge is 0.396 e. The van der Waals surface area contributed by atoms with Crippen LogP contribution in [0.2, 0.25) is 0 Å². The number of nitrogens with one attached hydrogen (secondary N) is 1. The standard InChI is InChI=1S/C13H13BrN6/c14-9-5-12-13(18-6-9)11(1-2-16-12)17-3-4-20-8-10(15)7-19-20/h1-2,5-8H,3-4,15H2,(H,16,17). The minimum Gasteiger partial charge on any atom is -0.396 e. The van der Waals surface area contributed by atoms with Crippen LogP contribution in [0, 0.1) is 0 Å². The van der Waals surface area contributed by atoms with Crippen molar-refractivity contribution in [2.24, 2.45) is 0 Å².